The van der Waals surface area contributed by atoms with Crippen LogP contribution in [0.5, 0.6) is 0 Å². The fourth-order valence-electron chi connectivity index (χ4n) is 3.03. The van der Waals surface area contributed by atoms with Gasteiger partial charge in [0.25, 0.3) is 11.8 Å². The lowest BCUT2D eigenvalue weighted by Gasteiger charge is -2.26. The molecule has 1 N–H and O–H groups in total. The number of amides is 2. The molecule has 7 nitrogen and oxygen atoms in total. The zero-order valence-electron chi connectivity index (χ0n) is 15.5. The van der Waals surface area contributed by atoms with E-state index in [2.05, 4.69) is 15.0 Å². The molecule has 3 heterocycles. The molecule has 0 atom stereocenters. The number of carbonyl (C=O) groups is 3. The lowest BCUT2D eigenvalue weighted by Crippen LogP contribution is -2.35. The Labute approximate surface area is 175 Å². The van der Waals surface area contributed by atoms with E-state index in [0.717, 1.165) is 10.6 Å². The Morgan fingerprint density at radius 2 is 1.86 bits per heavy atom. The van der Waals surface area contributed by atoms with Crippen LogP contribution in [-0.4, -0.2) is 41.3 Å². The number of hydrogen-bond donors (Lipinski definition) is 1. The number of benzene rings is 1. The molecule has 0 unspecified atom stereocenters. The van der Waals surface area contributed by atoms with Crippen molar-refractivity contribution in [2.45, 2.75) is 13.0 Å². The molecule has 1 aromatic carbocycles. The summed E-state index contributed by atoms with van der Waals surface area (Å²) < 4.78 is 4.68. The molecule has 2 amide bonds. The molecule has 4 rings (SSSR count). The van der Waals surface area contributed by atoms with Crippen LogP contribution in [0.3, 0.4) is 0 Å². The highest BCUT2D eigenvalue weighted by Crippen LogP contribution is 2.29. The van der Waals surface area contributed by atoms with Gasteiger partial charge in [-0.1, -0.05) is 11.3 Å². The van der Waals surface area contributed by atoms with Crippen LogP contribution in [0.2, 0.25) is 0 Å². The number of hydrogen-bond acceptors (Lipinski definition) is 7. The molecule has 0 fully saturated rings. The van der Waals surface area contributed by atoms with Gasteiger partial charge >= 0.3 is 5.97 Å². The first kappa shape index (κ1) is 19.3. The minimum Gasteiger partial charge on any atom is -0.465 e. The molecule has 0 saturated heterocycles. The average Bonchev–Trinajstić information content (AvgIpc) is 3.41. The van der Waals surface area contributed by atoms with E-state index in [1.165, 1.54) is 29.8 Å². The van der Waals surface area contributed by atoms with Gasteiger partial charge in [-0.15, -0.1) is 0 Å². The van der Waals surface area contributed by atoms with Crippen LogP contribution in [0.4, 0.5) is 5.13 Å². The van der Waals surface area contributed by atoms with Crippen molar-refractivity contribution in [1.29, 1.82) is 0 Å². The molecule has 1 aliphatic heterocycles. The van der Waals surface area contributed by atoms with E-state index >= 15 is 0 Å². The van der Waals surface area contributed by atoms with Crippen LogP contribution in [-0.2, 0) is 17.7 Å². The first-order valence-electron chi connectivity index (χ1n) is 8.85. The van der Waals surface area contributed by atoms with Crippen molar-refractivity contribution in [3.63, 3.8) is 0 Å². The van der Waals surface area contributed by atoms with E-state index in [0.29, 0.717) is 41.3 Å². The normalized spacial score (nSPS) is 12.9. The van der Waals surface area contributed by atoms with E-state index in [-0.39, 0.29) is 11.8 Å². The van der Waals surface area contributed by atoms with Gasteiger partial charge < -0.3 is 9.64 Å². The quantitative estimate of drug-likeness (QED) is 0.645. The second kappa shape index (κ2) is 8.14. The smallest absolute Gasteiger partial charge is 0.337 e. The Balaban J connectivity index is 1.44. The maximum atomic E-state index is 12.8. The Hall–Kier alpha value is -3.04. The topological polar surface area (TPSA) is 88.6 Å². The number of nitrogens with zero attached hydrogens (tertiary/aromatic N) is 2. The third-order valence-electron chi connectivity index (χ3n) is 4.58. The number of thiazole rings is 1. The lowest BCUT2D eigenvalue weighted by molar-refractivity contribution is 0.0599. The van der Waals surface area contributed by atoms with Gasteiger partial charge in [0.15, 0.2) is 5.13 Å². The van der Waals surface area contributed by atoms with Gasteiger partial charge in [0.1, 0.15) is 0 Å². The molecule has 0 aliphatic carbocycles. The summed E-state index contributed by atoms with van der Waals surface area (Å²) in [6.07, 6.45) is 0.631. The maximum absolute atomic E-state index is 12.8. The van der Waals surface area contributed by atoms with Crippen molar-refractivity contribution in [2.24, 2.45) is 0 Å². The monoisotopic (exact) mass is 427 g/mol. The summed E-state index contributed by atoms with van der Waals surface area (Å²) in [5.74, 6) is -0.728. The summed E-state index contributed by atoms with van der Waals surface area (Å²) in [6.45, 7) is 0.991. The summed E-state index contributed by atoms with van der Waals surface area (Å²) in [4.78, 5) is 43.8. The second-order valence-corrected chi connectivity index (χ2v) is 8.26. The van der Waals surface area contributed by atoms with Crippen LogP contribution in [0.25, 0.3) is 0 Å². The van der Waals surface area contributed by atoms with E-state index in [1.807, 2.05) is 5.38 Å². The zero-order valence-corrected chi connectivity index (χ0v) is 17.1. The molecule has 0 spiro atoms. The molecule has 3 aromatic rings. The molecule has 1 aliphatic rings. The first-order chi connectivity index (χ1) is 14.0. The van der Waals surface area contributed by atoms with E-state index in [4.69, 9.17) is 0 Å². The molecular formula is C20H17N3O4S2. The van der Waals surface area contributed by atoms with Crippen LogP contribution in [0, 0.1) is 0 Å². The largest absolute Gasteiger partial charge is 0.465 e. The minimum absolute atomic E-state index is 0.107. The van der Waals surface area contributed by atoms with Crippen molar-refractivity contribution >= 4 is 45.6 Å². The van der Waals surface area contributed by atoms with Gasteiger partial charge in [-0.3, -0.25) is 14.9 Å². The minimum atomic E-state index is -0.437. The van der Waals surface area contributed by atoms with Crippen LogP contribution in [0.1, 0.15) is 41.6 Å². The summed E-state index contributed by atoms with van der Waals surface area (Å²) in [6, 6.07) is 8.18. The number of fused-ring (bicyclic) bond motifs is 1. The number of ether oxygens (including phenoxy) is 1. The van der Waals surface area contributed by atoms with E-state index in [1.54, 1.807) is 40.6 Å². The maximum Gasteiger partial charge on any atom is 0.337 e. The highest BCUT2D eigenvalue weighted by molar-refractivity contribution is 7.16. The number of carbonyl (C=O) groups excluding carboxylic acids is 3. The standard InChI is InChI=1S/C20H17N3O4S2/c1-27-19(26)13-4-2-12(3-5-13)18(25)23-8-6-15-16(10-23)29-20(21-15)22-17(24)14-7-9-28-11-14/h2-5,7,9,11H,6,8,10H2,1H3,(H,21,22,24). The fourth-order valence-corrected chi connectivity index (χ4v) is 4.69. The number of esters is 1. The third kappa shape index (κ3) is 4.06. The van der Waals surface area contributed by atoms with Crippen molar-refractivity contribution in [1.82, 2.24) is 9.88 Å². The van der Waals surface area contributed by atoms with Crippen molar-refractivity contribution in [2.75, 3.05) is 19.0 Å². The predicted octanol–water partition coefficient (Wildman–Crippen LogP) is 3.44. The van der Waals surface area contributed by atoms with Gasteiger partial charge in [-0.25, -0.2) is 9.78 Å². The predicted molar refractivity (Wildman–Crippen MR) is 111 cm³/mol. The Morgan fingerprint density at radius 3 is 2.55 bits per heavy atom. The number of anilines is 1. The highest BCUT2D eigenvalue weighted by atomic mass is 32.1. The van der Waals surface area contributed by atoms with E-state index < -0.39 is 5.97 Å². The summed E-state index contributed by atoms with van der Waals surface area (Å²) in [5.41, 5.74) is 2.44. The molecule has 0 bridgehead atoms. The lowest BCUT2D eigenvalue weighted by atomic mass is 10.1. The molecule has 0 radical (unpaired) electrons. The van der Waals surface area contributed by atoms with Gasteiger partial charge in [-0.2, -0.15) is 11.3 Å². The molecule has 2 aromatic heterocycles. The number of methoxy groups -OCH3 is 1. The fraction of sp³-hybridized carbons (Fsp3) is 0.200. The van der Waals surface area contributed by atoms with Crippen LogP contribution < -0.4 is 5.32 Å². The van der Waals surface area contributed by atoms with Gasteiger partial charge in [0.2, 0.25) is 0 Å². The number of rotatable bonds is 4. The third-order valence-corrected chi connectivity index (χ3v) is 6.26. The summed E-state index contributed by atoms with van der Waals surface area (Å²) in [5, 5.41) is 7.01. The molecule has 0 saturated carbocycles. The second-order valence-electron chi connectivity index (χ2n) is 6.40. The number of thiophene rings is 1. The molecule has 9 heteroatoms. The number of nitrogens with one attached hydrogen (secondary N) is 1. The Kier molecular flexibility index (Phi) is 5.41. The van der Waals surface area contributed by atoms with Gasteiger partial charge in [-0.05, 0) is 35.7 Å². The SMILES string of the molecule is COC(=O)c1ccc(C(=O)N2CCc3nc(NC(=O)c4ccsc4)sc3C2)cc1. The molecular weight excluding hydrogens is 410 g/mol. The van der Waals surface area contributed by atoms with Crippen LogP contribution >= 0.6 is 22.7 Å². The average molecular weight is 428 g/mol. The molecule has 148 valence electrons. The van der Waals surface area contributed by atoms with Crippen molar-refractivity contribution in [3.8, 4) is 0 Å². The summed E-state index contributed by atoms with van der Waals surface area (Å²) >= 11 is 2.86. The summed E-state index contributed by atoms with van der Waals surface area (Å²) in [7, 11) is 1.32. The van der Waals surface area contributed by atoms with Crippen molar-refractivity contribution in [3.05, 3.63) is 68.4 Å². The highest BCUT2D eigenvalue weighted by Gasteiger charge is 2.25. The Morgan fingerprint density at radius 1 is 1.10 bits per heavy atom. The molecule has 29 heavy (non-hydrogen) atoms. The number of aromatic nitrogens is 1. The van der Waals surface area contributed by atoms with Gasteiger partial charge in [0.05, 0.1) is 30.5 Å². The Bertz CT molecular complexity index is 1060. The van der Waals surface area contributed by atoms with Gasteiger partial charge in [0, 0.05) is 28.8 Å². The van der Waals surface area contributed by atoms with Crippen LogP contribution in [0.15, 0.2) is 41.1 Å². The van der Waals surface area contributed by atoms with E-state index in [9.17, 15) is 14.4 Å². The zero-order chi connectivity index (χ0) is 20.4. The first-order valence-corrected chi connectivity index (χ1v) is 10.6. The van der Waals surface area contributed by atoms with Crippen molar-refractivity contribution < 1.29 is 19.1 Å².